The van der Waals surface area contributed by atoms with E-state index in [1.165, 1.54) is 5.69 Å². The van der Waals surface area contributed by atoms with Crippen molar-refractivity contribution in [2.45, 2.75) is 18.9 Å². The fourth-order valence-corrected chi connectivity index (χ4v) is 3.07. The summed E-state index contributed by atoms with van der Waals surface area (Å²) in [4.78, 5) is 20.9. The summed E-state index contributed by atoms with van der Waals surface area (Å²) in [6, 6.07) is 14.4. The first-order valence-corrected chi connectivity index (χ1v) is 8.86. The number of aromatic nitrogens is 1. The lowest BCUT2D eigenvalue weighted by molar-refractivity contribution is 0.251. The fourth-order valence-electron chi connectivity index (χ4n) is 3.07. The molecular weight excluding hydrogens is 314 g/mol. The van der Waals surface area contributed by atoms with E-state index in [0.29, 0.717) is 6.04 Å². The third kappa shape index (κ3) is 4.02. The quantitative estimate of drug-likeness (QED) is 0.900. The standard InChI is InChI=1S/C19H23N5O/c25-19(21-15-4-5-15)22-16-6-8-17(9-7-16)23-11-13-24(14-12-23)18-3-1-2-10-20-18/h1-3,6-10,15H,4-5,11-14H2,(H2,21,22,25). The smallest absolute Gasteiger partial charge is 0.319 e. The third-order valence-electron chi connectivity index (χ3n) is 4.66. The molecule has 4 rings (SSSR count). The number of hydrogen-bond acceptors (Lipinski definition) is 4. The summed E-state index contributed by atoms with van der Waals surface area (Å²) >= 11 is 0. The maximum absolute atomic E-state index is 11.8. The van der Waals surface area contributed by atoms with Crippen LogP contribution in [-0.4, -0.2) is 43.2 Å². The number of nitrogens with one attached hydrogen (secondary N) is 2. The Labute approximate surface area is 147 Å². The van der Waals surface area contributed by atoms with Crippen LogP contribution in [0.4, 0.5) is 22.0 Å². The Kier molecular flexibility index (Phi) is 4.41. The maximum atomic E-state index is 11.8. The predicted octanol–water partition coefficient (Wildman–Crippen LogP) is 2.69. The largest absolute Gasteiger partial charge is 0.368 e. The number of carbonyl (C=O) groups excluding carboxylic acids is 1. The number of benzene rings is 1. The van der Waals surface area contributed by atoms with Crippen molar-refractivity contribution >= 4 is 23.2 Å². The van der Waals surface area contributed by atoms with Gasteiger partial charge < -0.3 is 20.4 Å². The average Bonchev–Trinajstić information content (AvgIpc) is 3.47. The summed E-state index contributed by atoms with van der Waals surface area (Å²) in [5.41, 5.74) is 2.02. The van der Waals surface area contributed by atoms with Crippen molar-refractivity contribution in [3.05, 3.63) is 48.7 Å². The Morgan fingerprint density at radius 1 is 0.960 bits per heavy atom. The van der Waals surface area contributed by atoms with Crippen LogP contribution in [0.25, 0.3) is 0 Å². The van der Waals surface area contributed by atoms with Gasteiger partial charge in [0, 0.05) is 49.8 Å². The number of hydrogen-bond donors (Lipinski definition) is 2. The van der Waals surface area contributed by atoms with Crippen LogP contribution in [0.5, 0.6) is 0 Å². The van der Waals surface area contributed by atoms with Gasteiger partial charge in [0.2, 0.25) is 0 Å². The first kappa shape index (κ1) is 15.7. The molecule has 0 unspecified atom stereocenters. The Balaban J connectivity index is 1.31. The number of piperazine rings is 1. The van der Waals surface area contributed by atoms with Crippen molar-refractivity contribution < 1.29 is 4.79 Å². The van der Waals surface area contributed by atoms with E-state index < -0.39 is 0 Å². The molecule has 1 saturated heterocycles. The van der Waals surface area contributed by atoms with Crippen LogP contribution in [0.1, 0.15) is 12.8 Å². The van der Waals surface area contributed by atoms with Gasteiger partial charge >= 0.3 is 6.03 Å². The molecule has 0 bridgehead atoms. The second kappa shape index (κ2) is 7.01. The zero-order chi connectivity index (χ0) is 17.1. The Hall–Kier alpha value is -2.76. The molecule has 1 aliphatic carbocycles. The molecule has 2 heterocycles. The lowest BCUT2D eigenvalue weighted by atomic mass is 10.2. The molecule has 0 radical (unpaired) electrons. The van der Waals surface area contributed by atoms with Crippen LogP contribution in [0.15, 0.2) is 48.7 Å². The van der Waals surface area contributed by atoms with E-state index in [2.05, 4.69) is 43.6 Å². The first-order chi connectivity index (χ1) is 12.3. The van der Waals surface area contributed by atoms with Gasteiger partial charge in [-0.25, -0.2) is 9.78 Å². The lowest BCUT2D eigenvalue weighted by Crippen LogP contribution is -2.46. The Bertz CT molecular complexity index is 706. The summed E-state index contributed by atoms with van der Waals surface area (Å²) in [7, 11) is 0. The van der Waals surface area contributed by atoms with E-state index in [9.17, 15) is 4.79 Å². The monoisotopic (exact) mass is 337 g/mol. The number of rotatable bonds is 4. The molecule has 1 aromatic heterocycles. The Morgan fingerprint density at radius 2 is 1.68 bits per heavy atom. The van der Waals surface area contributed by atoms with Gasteiger partial charge in [-0.15, -0.1) is 0 Å². The Morgan fingerprint density at radius 3 is 2.32 bits per heavy atom. The number of carbonyl (C=O) groups is 1. The summed E-state index contributed by atoms with van der Waals surface area (Å²) < 4.78 is 0. The van der Waals surface area contributed by atoms with Crippen molar-refractivity contribution in [2.75, 3.05) is 41.3 Å². The van der Waals surface area contributed by atoms with Gasteiger partial charge in [0.05, 0.1) is 0 Å². The number of pyridine rings is 1. The van der Waals surface area contributed by atoms with Crippen molar-refractivity contribution in [3.63, 3.8) is 0 Å². The van der Waals surface area contributed by atoms with Gasteiger partial charge in [0.25, 0.3) is 0 Å². The number of anilines is 3. The van der Waals surface area contributed by atoms with Crippen molar-refractivity contribution in [3.8, 4) is 0 Å². The molecule has 1 aromatic carbocycles. The van der Waals surface area contributed by atoms with Crippen LogP contribution < -0.4 is 20.4 Å². The summed E-state index contributed by atoms with van der Waals surface area (Å²) in [6.07, 6.45) is 4.03. The molecule has 2 amide bonds. The highest BCUT2D eigenvalue weighted by atomic mass is 16.2. The second-order valence-electron chi connectivity index (χ2n) is 6.58. The highest BCUT2D eigenvalue weighted by Gasteiger charge is 2.23. The minimum Gasteiger partial charge on any atom is -0.368 e. The average molecular weight is 337 g/mol. The van der Waals surface area contributed by atoms with E-state index in [1.807, 2.05) is 30.5 Å². The first-order valence-electron chi connectivity index (χ1n) is 8.86. The van der Waals surface area contributed by atoms with Crippen LogP contribution in [0, 0.1) is 0 Å². The van der Waals surface area contributed by atoms with Gasteiger partial charge in [-0.3, -0.25) is 0 Å². The topological polar surface area (TPSA) is 60.5 Å². The van der Waals surface area contributed by atoms with Crippen LogP contribution >= 0.6 is 0 Å². The molecule has 6 heteroatoms. The van der Waals surface area contributed by atoms with Gasteiger partial charge in [-0.05, 0) is 49.2 Å². The molecule has 130 valence electrons. The van der Waals surface area contributed by atoms with E-state index in [4.69, 9.17) is 0 Å². The zero-order valence-electron chi connectivity index (χ0n) is 14.2. The lowest BCUT2D eigenvalue weighted by Gasteiger charge is -2.36. The van der Waals surface area contributed by atoms with Gasteiger partial charge in [0.1, 0.15) is 5.82 Å². The van der Waals surface area contributed by atoms with E-state index >= 15 is 0 Å². The molecule has 0 atom stereocenters. The second-order valence-corrected chi connectivity index (χ2v) is 6.58. The fraction of sp³-hybridized carbons (Fsp3) is 0.368. The van der Waals surface area contributed by atoms with E-state index in [1.54, 1.807) is 0 Å². The normalized spacial score (nSPS) is 17.3. The third-order valence-corrected chi connectivity index (χ3v) is 4.66. The van der Waals surface area contributed by atoms with Crippen LogP contribution in [-0.2, 0) is 0 Å². The number of amides is 2. The molecule has 2 fully saturated rings. The molecule has 25 heavy (non-hydrogen) atoms. The van der Waals surface area contributed by atoms with Gasteiger partial charge in [-0.1, -0.05) is 6.07 Å². The minimum absolute atomic E-state index is 0.112. The summed E-state index contributed by atoms with van der Waals surface area (Å²) in [6.45, 7) is 3.85. The van der Waals surface area contributed by atoms with Crippen LogP contribution in [0.2, 0.25) is 0 Å². The van der Waals surface area contributed by atoms with Crippen LogP contribution in [0.3, 0.4) is 0 Å². The molecule has 2 aliphatic rings. The highest BCUT2D eigenvalue weighted by molar-refractivity contribution is 5.89. The van der Waals surface area contributed by atoms with E-state index in [-0.39, 0.29) is 6.03 Å². The number of nitrogens with zero attached hydrogens (tertiary/aromatic N) is 3. The molecule has 2 aromatic rings. The SMILES string of the molecule is O=C(Nc1ccc(N2CCN(c3ccccn3)CC2)cc1)NC1CC1. The maximum Gasteiger partial charge on any atom is 0.319 e. The summed E-state index contributed by atoms with van der Waals surface area (Å²) in [5.74, 6) is 1.04. The van der Waals surface area contributed by atoms with Crippen molar-refractivity contribution in [1.29, 1.82) is 0 Å². The number of urea groups is 1. The summed E-state index contributed by atoms with van der Waals surface area (Å²) in [5, 5.41) is 5.82. The molecule has 2 N–H and O–H groups in total. The van der Waals surface area contributed by atoms with Gasteiger partial charge in [0.15, 0.2) is 0 Å². The van der Waals surface area contributed by atoms with Gasteiger partial charge in [-0.2, -0.15) is 0 Å². The molecule has 6 nitrogen and oxygen atoms in total. The minimum atomic E-state index is -0.112. The molecule has 0 spiro atoms. The predicted molar refractivity (Wildman–Crippen MR) is 100 cm³/mol. The highest BCUT2D eigenvalue weighted by Crippen LogP contribution is 2.22. The molecule has 1 aliphatic heterocycles. The molecule has 1 saturated carbocycles. The van der Waals surface area contributed by atoms with Crippen molar-refractivity contribution in [1.82, 2.24) is 10.3 Å². The van der Waals surface area contributed by atoms with Crippen molar-refractivity contribution in [2.24, 2.45) is 0 Å². The van der Waals surface area contributed by atoms with E-state index in [0.717, 1.165) is 50.5 Å². The molecular formula is C19H23N5O. The zero-order valence-corrected chi connectivity index (χ0v) is 14.2.